The maximum absolute atomic E-state index is 12.6. The van der Waals surface area contributed by atoms with Gasteiger partial charge in [0.1, 0.15) is 10.9 Å². The quantitative estimate of drug-likeness (QED) is 0.712. The van der Waals surface area contributed by atoms with Gasteiger partial charge in [-0.3, -0.25) is 4.79 Å². The predicted molar refractivity (Wildman–Crippen MR) is 91.9 cm³/mol. The van der Waals surface area contributed by atoms with Crippen molar-refractivity contribution < 1.29 is 9.21 Å². The van der Waals surface area contributed by atoms with Crippen LogP contribution in [0.25, 0.3) is 10.8 Å². The van der Waals surface area contributed by atoms with Crippen molar-refractivity contribution in [2.24, 2.45) is 0 Å². The van der Waals surface area contributed by atoms with Crippen LogP contribution in [-0.4, -0.2) is 32.5 Å². The zero-order chi connectivity index (χ0) is 16.5. The number of aromatic nitrogens is 3. The second-order valence-electron chi connectivity index (χ2n) is 5.77. The number of thiophene rings is 1. The highest BCUT2D eigenvalue weighted by molar-refractivity contribution is 7.13. The first kappa shape index (κ1) is 15.5. The van der Waals surface area contributed by atoms with Crippen LogP contribution in [0.15, 0.2) is 26.8 Å². The fraction of sp³-hybridized carbons (Fsp3) is 0.375. The minimum Gasteiger partial charge on any atom is -0.418 e. The lowest BCUT2D eigenvalue weighted by Gasteiger charge is -2.21. The molecule has 24 heavy (non-hydrogen) atoms. The Labute approximate surface area is 147 Å². The number of carbonyl (C=O) groups excluding carboxylic acids is 1. The fourth-order valence-electron chi connectivity index (χ4n) is 2.96. The molecule has 1 aliphatic heterocycles. The third-order valence-corrected chi connectivity index (χ3v) is 5.82. The summed E-state index contributed by atoms with van der Waals surface area (Å²) in [6.07, 6.45) is 2.24. The largest absolute Gasteiger partial charge is 0.418 e. The van der Waals surface area contributed by atoms with Gasteiger partial charge in [0.25, 0.3) is 5.89 Å². The van der Waals surface area contributed by atoms with E-state index in [1.54, 1.807) is 16.8 Å². The lowest BCUT2D eigenvalue weighted by atomic mass is 10.2. The third kappa shape index (κ3) is 2.87. The van der Waals surface area contributed by atoms with Crippen LogP contribution < -0.4 is 0 Å². The van der Waals surface area contributed by atoms with Gasteiger partial charge in [-0.25, -0.2) is 4.98 Å². The van der Waals surface area contributed by atoms with Gasteiger partial charge in [-0.1, -0.05) is 0 Å². The van der Waals surface area contributed by atoms with Crippen molar-refractivity contribution in [2.45, 2.75) is 32.2 Å². The number of aryl methyl sites for hydroxylation is 1. The zero-order valence-electron chi connectivity index (χ0n) is 13.1. The summed E-state index contributed by atoms with van der Waals surface area (Å²) < 4.78 is 5.86. The lowest BCUT2D eigenvalue weighted by Crippen LogP contribution is -2.31. The molecule has 1 fully saturated rings. The van der Waals surface area contributed by atoms with E-state index >= 15 is 0 Å². The van der Waals surface area contributed by atoms with Crippen LogP contribution in [0.5, 0.6) is 0 Å². The van der Waals surface area contributed by atoms with Gasteiger partial charge in [-0.2, -0.15) is 11.3 Å². The Balaban J connectivity index is 1.54. The first-order valence-electron chi connectivity index (χ1n) is 7.77. The van der Waals surface area contributed by atoms with Gasteiger partial charge >= 0.3 is 0 Å². The first-order chi connectivity index (χ1) is 11.7. The molecule has 3 aromatic rings. The topological polar surface area (TPSA) is 72.1 Å². The van der Waals surface area contributed by atoms with E-state index in [2.05, 4.69) is 15.2 Å². The zero-order valence-corrected chi connectivity index (χ0v) is 14.8. The molecular formula is C16H16N4O2S2. The van der Waals surface area contributed by atoms with Crippen molar-refractivity contribution in [1.82, 2.24) is 20.1 Å². The molecule has 124 valence electrons. The van der Waals surface area contributed by atoms with Crippen molar-refractivity contribution >= 4 is 28.6 Å². The Morgan fingerprint density at radius 3 is 3.12 bits per heavy atom. The Kier molecular flexibility index (Phi) is 4.15. The van der Waals surface area contributed by atoms with Crippen molar-refractivity contribution in [3.8, 4) is 10.8 Å². The molecule has 1 amide bonds. The summed E-state index contributed by atoms with van der Waals surface area (Å²) in [4.78, 5) is 19.6. The van der Waals surface area contributed by atoms with Gasteiger partial charge in [0.15, 0.2) is 0 Å². The van der Waals surface area contributed by atoms with Crippen LogP contribution in [0.1, 0.15) is 36.0 Å². The fourth-order valence-corrected chi connectivity index (χ4v) is 4.35. The van der Waals surface area contributed by atoms with E-state index in [0.29, 0.717) is 18.2 Å². The van der Waals surface area contributed by atoms with E-state index in [1.807, 2.05) is 28.7 Å². The van der Waals surface area contributed by atoms with Gasteiger partial charge in [-0.15, -0.1) is 21.5 Å². The predicted octanol–water partition coefficient (Wildman–Crippen LogP) is 3.47. The number of carbonyl (C=O) groups is 1. The number of nitrogens with zero attached hydrogens (tertiary/aromatic N) is 4. The highest BCUT2D eigenvalue weighted by atomic mass is 32.1. The molecule has 0 saturated carbocycles. The molecule has 0 aliphatic carbocycles. The van der Waals surface area contributed by atoms with Crippen LogP contribution in [-0.2, 0) is 11.2 Å². The SMILES string of the molecule is Cc1ncsc1-c1nnc([C@H]2CCCN2C(=O)Cc2ccsc2)o1. The highest BCUT2D eigenvalue weighted by Crippen LogP contribution is 2.34. The molecule has 0 radical (unpaired) electrons. The summed E-state index contributed by atoms with van der Waals surface area (Å²) in [5.41, 5.74) is 3.70. The summed E-state index contributed by atoms with van der Waals surface area (Å²) in [6.45, 7) is 2.66. The average molecular weight is 360 g/mol. The molecule has 1 saturated heterocycles. The number of hydrogen-bond donors (Lipinski definition) is 0. The molecule has 1 atom stereocenters. The summed E-state index contributed by atoms with van der Waals surface area (Å²) in [5.74, 6) is 1.13. The summed E-state index contributed by atoms with van der Waals surface area (Å²) in [5, 5.41) is 12.4. The van der Waals surface area contributed by atoms with Gasteiger partial charge in [0.2, 0.25) is 11.8 Å². The second kappa shape index (κ2) is 6.45. The molecule has 0 spiro atoms. The lowest BCUT2D eigenvalue weighted by molar-refractivity contribution is -0.131. The van der Waals surface area contributed by atoms with Crippen molar-refractivity contribution in [1.29, 1.82) is 0 Å². The van der Waals surface area contributed by atoms with Crippen LogP contribution in [0, 0.1) is 6.92 Å². The van der Waals surface area contributed by atoms with E-state index in [-0.39, 0.29) is 11.9 Å². The van der Waals surface area contributed by atoms with Gasteiger partial charge in [-0.05, 0) is 42.2 Å². The molecule has 6 nitrogen and oxygen atoms in total. The number of thiazole rings is 1. The highest BCUT2D eigenvalue weighted by Gasteiger charge is 2.34. The number of rotatable bonds is 4. The Hall–Kier alpha value is -2.06. The Morgan fingerprint density at radius 1 is 1.46 bits per heavy atom. The van der Waals surface area contributed by atoms with Crippen molar-refractivity contribution in [3.05, 3.63) is 39.5 Å². The average Bonchev–Trinajstić information content (AvgIpc) is 3.34. The number of amides is 1. The molecule has 8 heteroatoms. The van der Waals surface area contributed by atoms with Crippen LogP contribution in [0.2, 0.25) is 0 Å². The molecule has 4 heterocycles. The molecule has 1 aliphatic rings. The van der Waals surface area contributed by atoms with Gasteiger partial charge < -0.3 is 9.32 Å². The molecule has 3 aromatic heterocycles. The maximum Gasteiger partial charge on any atom is 0.259 e. The minimum atomic E-state index is -0.120. The van der Waals surface area contributed by atoms with Crippen LogP contribution in [0.3, 0.4) is 0 Å². The molecular weight excluding hydrogens is 344 g/mol. The van der Waals surface area contributed by atoms with E-state index in [9.17, 15) is 4.79 Å². The Bertz CT molecular complexity index is 840. The third-order valence-electron chi connectivity index (χ3n) is 4.17. The van der Waals surface area contributed by atoms with E-state index < -0.39 is 0 Å². The molecule has 0 bridgehead atoms. The van der Waals surface area contributed by atoms with Gasteiger partial charge in [0.05, 0.1) is 17.6 Å². The van der Waals surface area contributed by atoms with Crippen LogP contribution >= 0.6 is 22.7 Å². The van der Waals surface area contributed by atoms with E-state index in [0.717, 1.165) is 35.5 Å². The molecule has 0 N–H and O–H groups in total. The van der Waals surface area contributed by atoms with E-state index in [1.165, 1.54) is 11.3 Å². The summed E-state index contributed by atoms with van der Waals surface area (Å²) in [7, 11) is 0. The van der Waals surface area contributed by atoms with Crippen molar-refractivity contribution in [2.75, 3.05) is 6.54 Å². The van der Waals surface area contributed by atoms with Crippen molar-refractivity contribution in [3.63, 3.8) is 0 Å². The minimum absolute atomic E-state index is 0.115. The number of likely N-dealkylation sites (tertiary alicyclic amines) is 1. The molecule has 4 rings (SSSR count). The van der Waals surface area contributed by atoms with Gasteiger partial charge in [0, 0.05) is 6.54 Å². The molecule has 0 aromatic carbocycles. The smallest absolute Gasteiger partial charge is 0.259 e. The summed E-state index contributed by atoms with van der Waals surface area (Å²) in [6, 6.07) is 1.87. The second-order valence-corrected chi connectivity index (χ2v) is 7.40. The Morgan fingerprint density at radius 2 is 2.38 bits per heavy atom. The number of hydrogen-bond acceptors (Lipinski definition) is 7. The standard InChI is InChI=1S/C16H16N4O2S2/c1-10-14(24-9-17-10)16-19-18-15(22-16)12-3-2-5-20(12)13(21)7-11-4-6-23-8-11/h4,6,8-9,12H,2-3,5,7H2,1H3/t12-/m1/s1. The summed E-state index contributed by atoms with van der Waals surface area (Å²) >= 11 is 3.09. The normalized spacial score (nSPS) is 17.5. The molecule has 0 unspecified atom stereocenters. The van der Waals surface area contributed by atoms with Crippen LogP contribution in [0.4, 0.5) is 0 Å². The van der Waals surface area contributed by atoms with E-state index in [4.69, 9.17) is 4.42 Å². The maximum atomic E-state index is 12.6. The monoisotopic (exact) mass is 360 g/mol. The first-order valence-corrected chi connectivity index (χ1v) is 9.59.